The number of phenols is 2. The summed E-state index contributed by atoms with van der Waals surface area (Å²) in [5, 5.41) is 29.5. The van der Waals surface area contributed by atoms with Crippen LogP contribution in [0.5, 0.6) is 11.5 Å². The van der Waals surface area contributed by atoms with E-state index in [0.29, 0.717) is 12.8 Å². The van der Waals surface area contributed by atoms with Crippen molar-refractivity contribution in [1.29, 1.82) is 0 Å². The summed E-state index contributed by atoms with van der Waals surface area (Å²) in [6.45, 7) is 3.80. The van der Waals surface area contributed by atoms with Gasteiger partial charge in [0, 0.05) is 22.5 Å². The van der Waals surface area contributed by atoms with Crippen LogP contribution in [0.15, 0.2) is 47.4 Å². The Morgan fingerprint density at radius 2 is 1.37 bits per heavy atom. The van der Waals surface area contributed by atoms with Gasteiger partial charge in [-0.15, -0.1) is 11.8 Å². The number of carboxylic acid groups (broad SMARTS) is 1. The van der Waals surface area contributed by atoms with Gasteiger partial charge in [-0.25, -0.2) is 0 Å². The van der Waals surface area contributed by atoms with Crippen molar-refractivity contribution in [2.24, 2.45) is 5.41 Å². The topological polar surface area (TPSA) is 77.8 Å². The summed E-state index contributed by atoms with van der Waals surface area (Å²) in [7, 11) is 0. The molecular formula is C33H43F5O4S. The zero-order chi connectivity index (χ0) is 31.9. The van der Waals surface area contributed by atoms with Crippen LogP contribution >= 0.6 is 11.8 Å². The SMILES string of the molecule is CC(CCCCCCCC[C@@H]1c2ccc(O)cc2SC[C@]1(C)c1ccc(O)cc1)(CCCCC(F)(F)C(F)(F)F)C(=O)O. The van der Waals surface area contributed by atoms with E-state index in [1.807, 2.05) is 24.3 Å². The lowest BCUT2D eigenvalue weighted by molar-refractivity contribution is -0.284. The van der Waals surface area contributed by atoms with Gasteiger partial charge in [0.05, 0.1) is 5.41 Å². The molecule has 0 amide bonds. The average molecular weight is 631 g/mol. The van der Waals surface area contributed by atoms with E-state index >= 15 is 0 Å². The Balaban J connectivity index is 1.46. The Labute approximate surface area is 255 Å². The summed E-state index contributed by atoms with van der Waals surface area (Å²) in [4.78, 5) is 12.9. The molecule has 2 aromatic rings. The quantitative estimate of drug-likeness (QED) is 0.127. The van der Waals surface area contributed by atoms with E-state index in [4.69, 9.17) is 0 Å². The zero-order valence-corrected chi connectivity index (χ0v) is 25.7. The van der Waals surface area contributed by atoms with Crippen LogP contribution in [0.25, 0.3) is 0 Å². The molecule has 1 heterocycles. The number of carboxylic acids is 1. The highest BCUT2D eigenvalue weighted by Crippen LogP contribution is 2.52. The van der Waals surface area contributed by atoms with Gasteiger partial charge in [0.15, 0.2) is 0 Å². The van der Waals surface area contributed by atoms with Gasteiger partial charge in [-0.1, -0.05) is 70.1 Å². The maximum Gasteiger partial charge on any atom is 0.453 e. The molecule has 4 nitrogen and oxygen atoms in total. The Bertz CT molecular complexity index is 1200. The van der Waals surface area contributed by atoms with Gasteiger partial charge in [-0.2, -0.15) is 22.0 Å². The lowest BCUT2D eigenvalue weighted by Gasteiger charge is -2.43. The molecule has 0 aromatic heterocycles. The van der Waals surface area contributed by atoms with Crippen LogP contribution in [0.3, 0.4) is 0 Å². The smallest absolute Gasteiger partial charge is 0.453 e. The van der Waals surface area contributed by atoms with E-state index in [1.54, 1.807) is 36.9 Å². The first kappa shape index (κ1) is 35.0. The van der Waals surface area contributed by atoms with Crippen molar-refractivity contribution in [2.75, 3.05) is 5.75 Å². The summed E-state index contributed by atoms with van der Waals surface area (Å²) in [5.74, 6) is -4.23. The first-order chi connectivity index (χ1) is 20.1. The van der Waals surface area contributed by atoms with E-state index in [0.717, 1.165) is 54.7 Å². The lowest BCUT2D eigenvalue weighted by Crippen LogP contribution is -2.36. The number of halogens is 5. The van der Waals surface area contributed by atoms with Crippen molar-refractivity contribution < 1.29 is 42.1 Å². The molecule has 1 aliphatic rings. The number of hydrogen-bond donors (Lipinski definition) is 3. The highest BCUT2D eigenvalue weighted by molar-refractivity contribution is 7.99. The van der Waals surface area contributed by atoms with Crippen LogP contribution in [-0.4, -0.2) is 39.1 Å². The van der Waals surface area contributed by atoms with Gasteiger partial charge in [0.1, 0.15) is 11.5 Å². The van der Waals surface area contributed by atoms with Crippen molar-refractivity contribution in [3.8, 4) is 11.5 Å². The molecule has 1 unspecified atom stereocenters. The number of aliphatic carboxylic acids is 1. The van der Waals surface area contributed by atoms with Crippen molar-refractivity contribution in [1.82, 2.24) is 0 Å². The fourth-order valence-electron chi connectivity index (χ4n) is 6.12. The van der Waals surface area contributed by atoms with Crippen molar-refractivity contribution >= 4 is 17.7 Å². The molecule has 240 valence electrons. The minimum Gasteiger partial charge on any atom is -0.508 e. The molecule has 1 aliphatic heterocycles. The van der Waals surface area contributed by atoms with Crippen LogP contribution in [0, 0.1) is 5.41 Å². The molecule has 3 N–H and O–H groups in total. The van der Waals surface area contributed by atoms with Crippen LogP contribution in [-0.2, 0) is 10.2 Å². The first-order valence-electron chi connectivity index (χ1n) is 15.0. The molecule has 43 heavy (non-hydrogen) atoms. The minimum absolute atomic E-state index is 0.0000470. The Morgan fingerprint density at radius 3 is 1.98 bits per heavy atom. The maximum atomic E-state index is 13.1. The molecule has 0 fully saturated rings. The fourth-order valence-corrected chi connectivity index (χ4v) is 7.53. The molecule has 0 bridgehead atoms. The second kappa shape index (κ2) is 14.5. The van der Waals surface area contributed by atoms with E-state index in [1.165, 1.54) is 5.56 Å². The van der Waals surface area contributed by atoms with E-state index in [-0.39, 0.29) is 42.1 Å². The largest absolute Gasteiger partial charge is 0.508 e. The Kier molecular flexibility index (Phi) is 11.8. The second-order valence-electron chi connectivity index (χ2n) is 12.5. The molecule has 0 aliphatic carbocycles. The van der Waals surface area contributed by atoms with Crippen LogP contribution in [0.2, 0.25) is 0 Å². The van der Waals surface area contributed by atoms with Crippen LogP contribution in [0.4, 0.5) is 22.0 Å². The molecule has 0 saturated carbocycles. The van der Waals surface area contributed by atoms with Crippen LogP contribution in [0.1, 0.15) is 108 Å². The zero-order valence-electron chi connectivity index (χ0n) is 24.9. The lowest BCUT2D eigenvalue weighted by atomic mass is 9.68. The standard InChI is InChI=1S/C33H43F5O4S/c1-30(29(41)42,19-9-10-20-32(34,35)33(36,37)38)18-8-6-4-3-5-7-11-27-26-17-16-25(40)21-28(26)43-22-31(27,2)23-12-14-24(39)15-13-23/h12-17,21,27,39-40H,3-11,18-20,22H2,1-2H3,(H,41,42)/t27-,30?,31-/m1/s1. The monoisotopic (exact) mass is 630 g/mol. The minimum atomic E-state index is -5.58. The third-order valence-corrected chi connectivity index (χ3v) is 10.5. The maximum absolute atomic E-state index is 13.1. The molecule has 3 rings (SSSR count). The second-order valence-corrected chi connectivity index (χ2v) is 13.5. The predicted molar refractivity (Wildman–Crippen MR) is 159 cm³/mol. The van der Waals surface area contributed by atoms with E-state index in [2.05, 4.69) is 6.92 Å². The summed E-state index contributed by atoms with van der Waals surface area (Å²) in [5.41, 5.74) is 1.09. The number of hydrogen-bond acceptors (Lipinski definition) is 4. The molecule has 2 aromatic carbocycles. The Morgan fingerprint density at radius 1 is 0.837 bits per heavy atom. The summed E-state index contributed by atoms with van der Waals surface area (Å²) in [6.07, 6.45) is -0.532. The molecule has 3 atom stereocenters. The van der Waals surface area contributed by atoms with E-state index in [9.17, 15) is 42.1 Å². The molecule has 0 spiro atoms. The number of aromatic hydroxyl groups is 2. The van der Waals surface area contributed by atoms with Crippen molar-refractivity contribution in [2.45, 2.75) is 119 Å². The van der Waals surface area contributed by atoms with Gasteiger partial charge in [0.25, 0.3) is 0 Å². The summed E-state index contributed by atoms with van der Waals surface area (Å²) >= 11 is 1.73. The summed E-state index contributed by atoms with van der Waals surface area (Å²) in [6, 6.07) is 13.0. The van der Waals surface area contributed by atoms with Gasteiger partial charge in [-0.05, 0) is 73.9 Å². The number of alkyl halides is 5. The normalized spacial score (nSPS) is 20.4. The predicted octanol–water partition coefficient (Wildman–Crippen LogP) is 10.2. The molecular weight excluding hydrogens is 587 g/mol. The number of benzene rings is 2. The molecule has 0 radical (unpaired) electrons. The van der Waals surface area contributed by atoms with Gasteiger partial charge >= 0.3 is 18.1 Å². The van der Waals surface area contributed by atoms with Crippen LogP contribution < -0.4 is 0 Å². The highest BCUT2D eigenvalue weighted by Gasteiger charge is 2.56. The fraction of sp³-hybridized carbons (Fsp3) is 0.606. The van der Waals surface area contributed by atoms with Gasteiger partial charge in [-0.3, -0.25) is 4.79 Å². The van der Waals surface area contributed by atoms with Gasteiger partial charge in [0.2, 0.25) is 0 Å². The number of carbonyl (C=O) groups is 1. The number of fused-ring (bicyclic) bond motifs is 1. The van der Waals surface area contributed by atoms with E-state index < -0.39 is 29.9 Å². The Hall–Kier alpha value is -2.49. The molecule has 0 saturated heterocycles. The highest BCUT2D eigenvalue weighted by atomic mass is 32.2. The van der Waals surface area contributed by atoms with Crippen molar-refractivity contribution in [3.63, 3.8) is 0 Å². The third kappa shape index (κ3) is 9.02. The molecule has 10 heteroatoms. The average Bonchev–Trinajstić information content (AvgIpc) is 2.93. The summed E-state index contributed by atoms with van der Waals surface area (Å²) < 4.78 is 63.4. The third-order valence-electron chi connectivity index (χ3n) is 9.07. The number of phenolic OH excluding ortho intramolecular Hbond substituents is 2. The number of thioether (sulfide) groups is 1. The van der Waals surface area contributed by atoms with Crippen molar-refractivity contribution in [3.05, 3.63) is 53.6 Å². The first-order valence-corrected chi connectivity index (χ1v) is 16.0. The number of unbranched alkanes of at least 4 members (excludes halogenated alkanes) is 6. The number of rotatable bonds is 16. The van der Waals surface area contributed by atoms with Gasteiger partial charge < -0.3 is 15.3 Å².